The monoisotopic (exact) mass is 204 g/mol. The zero-order valence-electron chi connectivity index (χ0n) is 8.98. The summed E-state index contributed by atoms with van der Waals surface area (Å²) in [5.41, 5.74) is 1.31. The largest absolute Gasteiger partial charge is 0.491 e. The molecule has 2 nitrogen and oxygen atoms in total. The zero-order chi connectivity index (χ0) is 10.5. The van der Waals surface area contributed by atoms with Gasteiger partial charge in [0.05, 0.1) is 6.61 Å². The number of hydrogen-bond acceptors (Lipinski definition) is 2. The molecule has 15 heavy (non-hydrogen) atoms. The topological polar surface area (TPSA) is 21.8 Å². The van der Waals surface area contributed by atoms with E-state index < -0.39 is 0 Å². The van der Waals surface area contributed by atoms with E-state index in [9.17, 15) is 0 Å². The fourth-order valence-electron chi connectivity index (χ4n) is 1.33. The first-order valence-corrected chi connectivity index (χ1v) is 5.33. The van der Waals surface area contributed by atoms with Gasteiger partial charge in [0.2, 0.25) is 0 Å². The highest BCUT2D eigenvalue weighted by Crippen LogP contribution is 2.16. The van der Waals surface area contributed by atoms with Crippen molar-refractivity contribution in [3.63, 3.8) is 0 Å². The van der Waals surface area contributed by atoms with Gasteiger partial charge < -0.3 is 9.47 Å². The second kappa shape index (κ2) is 4.99. The van der Waals surface area contributed by atoms with E-state index in [-0.39, 0.29) is 0 Å². The lowest BCUT2D eigenvalue weighted by Crippen LogP contribution is -2.03. The van der Waals surface area contributed by atoms with Crippen LogP contribution in [0, 0.1) is 0 Å². The van der Waals surface area contributed by atoms with Crippen molar-refractivity contribution in [2.75, 3.05) is 13.2 Å². The van der Waals surface area contributed by atoms with Crippen molar-refractivity contribution in [1.29, 1.82) is 0 Å². The average Bonchev–Trinajstić information content (AvgIpc) is 3.09. The molecule has 1 aliphatic heterocycles. The number of epoxide rings is 1. The summed E-state index contributed by atoms with van der Waals surface area (Å²) in [7, 11) is 0. The number of benzene rings is 1. The number of rotatable bonds is 5. The molecule has 0 aromatic heterocycles. The summed E-state index contributed by atoms with van der Waals surface area (Å²) < 4.78 is 10.6. The Morgan fingerprint density at radius 3 is 2.73 bits per heavy atom. The predicted molar refractivity (Wildman–Crippen MR) is 60.2 cm³/mol. The Kier molecular flexibility index (Phi) is 3.41. The lowest BCUT2D eigenvalue weighted by Gasteiger charge is -2.04. The van der Waals surface area contributed by atoms with Gasteiger partial charge in [-0.25, -0.2) is 0 Å². The lowest BCUT2D eigenvalue weighted by molar-refractivity contribution is 0.263. The van der Waals surface area contributed by atoms with Gasteiger partial charge >= 0.3 is 0 Å². The van der Waals surface area contributed by atoms with E-state index in [0.29, 0.717) is 12.7 Å². The number of ether oxygens (including phenoxy) is 2. The van der Waals surface area contributed by atoms with Crippen LogP contribution in [0.5, 0.6) is 5.75 Å². The van der Waals surface area contributed by atoms with Crippen molar-refractivity contribution in [3.8, 4) is 5.75 Å². The minimum absolute atomic E-state index is 0.327. The molecule has 1 aliphatic rings. The summed E-state index contributed by atoms with van der Waals surface area (Å²) in [6.45, 7) is 3.56. The van der Waals surface area contributed by atoms with Gasteiger partial charge in [-0.1, -0.05) is 24.3 Å². The number of hydrogen-bond donors (Lipinski definition) is 0. The SMILES string of the molecule is CC=CCc1ccc(OCC2CO2)cc1. The van der Waals surface area contributed by atoms with E-state index in [4.69, 9.17) is 9.47 Å². The maximum atomic E-state index is 5.55. The van der Waals surface area contributed by atoms with Crippen molar-refractivity contribution in [3.05, 3.63) is 42.0 Å². The molecule has 0 spiro atoms. The quantitative estimate of drug-likeness (QED) is 0.543. The van der Waals surface area contributed by atoms with Crippen LogP contribution in [-0.2, 0) is 11.2 Å². The molecule has 1 aromatic rings. The maximum Gasteiger partial charge on any atom is 0.119 e. The minimum atomic E-state index is 0.327. The molecule has 1 atom stereocenters. The van der Waals surface area contributed by atoms with Crippen LogP contribution in [0.3, 0.4) is 0 Å². The first-order chi connectivity index (χ1) is 7.38. The molecule has 1 fully saturated rings. The Hall–Kier alpha value is -1.28. The van der Waals surface area contributed by atoms with E-state index in [0.717, 1.165) is 18.8 Å². The van der Waals surface area contributed by atoms with Crippen molar-refractivity contribution in [2.24, 2.45) is 0 Å². The molecule has 0 bridgehead atoms. The highest BCUT2D eigenvalue weighted by atomic mass is 16.6. The molecule has 0 aliphatic carbocycles. The Bertz CT molecular complexity index is 323. The van der Waals surface area contributed by atoms with Gasteiger partial charge in [-0.2, -0.15) is 0 Å². The summed E-state index contributed by atoms with van der Waals surface area (Å²) in [5.74, 6) is 0.926. The normalized spacial score (nSPS) is 19.4. The molecule has 2 heteroatoms. The minimum Gasteiger partial charge on any atom is -0.491 e. The first kappa shape index (κ1) is 10.2. The standard InChI is InChI=1S/C13H16O2/c1-2-3-4-11-5-7-12(8-6-11)14-9-13-10-15-13/h2-3,5-8,13H,4,9-10H2,1H3. The van der Waals surface area contributed by atoms with Gasteiger partial charge in [0, 0.05) is 0 Å². The second-order valence-corrected chi connectivity index (χ2v) is 3.68. The molecular weight excluding hydrogens is 188 g/mol. The summed E-state index contributed by atoms with van der Waals surface area (Å²) >= 11 is 0. The van der Waals surface area contributed by atoms with E-state index in [1.807, 2.05) is 19.1 Å². The Morgan fingerprint density at radius 2 is 2.13 bits per heavy atom. The van der Waals surface area contributed by atoms with Crippen LogP contribution in [0.25, 0.3) is 0 Å². The van der Waals surface area contributed by atoms with Crippen molar-refractivity contribution < 1.29 is 9.47 Å². The van der Waals surface area contributed by atoms with E-state index in [1.54, 1.807) is 0 Å². The predicted octanol–water partition coefficient (Wildman–Crippen LogP) is 2.58. The zero-order valence-corrected chi connectivity index (χ0v) is 8.98. The van der Waals surface area contributed by atoms with Gasteiger partial charge in [0.25, 0.3) is 0 Å². The van der Waals surface area contributed by atoms with Crippen LogP contribution in [0.2, 0.25) is 0 Å². The summed E-state index contributed by atoms with van der Waals surface area (Å²) in [5, 5.41) is 0. The fourth-order valence-corrected chi connectivity index (χ4v) is 1.33. The molecule has 80 valence electrons. The van der Waals surface area contributed by atoms with Crippen molar-refractivity contribution in [2.45, 2.75) is 19.4 Å². The van der Waals surface area contributed by atoms with Crippen LogP contribution in [0.1, 0.15) is 12.5 Å². The highest BCUT2D eigenvalue weighted by Gasteiger charge is 2.22. The third-order valence-electron chi connectivity index (χ3n) is 2.35. The van der Waals surface area contributed by atoms with Crippen molar-refractivity contribution in [1.82, 2.24) is 0 Å². The van der Waals surface area contributed by atoms with Crippen LogP contribution in [0.4, 0.5) is 0 Å². The van der Waals surface area contributed by atoms with Gasteiger partial charge in [-0.3, -0.25) is 0 Å². The molecule has 2 rings (SSSR count). The average molecular weight is 204 g/mol. The van der Waals surface area contributed by atoms with E-state index in [1.165, 1.54) is 5.56 Å². The molecule has 1 unspecified atom stereocenters. The van der Waals surface area contributed by atoms with Gasteiger partial charge in [0.1, 0.15) is 18.5 Å². The lowest BCUT2D eigenvalue weighted by atomic mass is 10.1. The third-order valence-corrected chi connectivity index (χ3v) is 2.35. The molecule has 0 amide bonds. The summed E-state index contributed by atoms with van der Waals surface area (Å²) in [6.07, 6.45) is 5.53. The van der Waals surface area contributed by atoms with Gasteiger partial charge in [-0.15, -0.1) is 0 Å². The van der Waals surface area contributed by atoms with E-state index >= 15 is 0 Å². The molecule has 0 saturated carbocycles. The van der Waals surface area contributed by atoms with Crippen molar-refractivity contribution >= 4 is 0 Å². The van der Waals surface area contributed by atoms with Gasteiger partial charge in [0.15, 0.2) is 0 Å². The molecule has 1 heterocycles. The molecular formula is C13H16O2. The Balaban J connectivity index is 1.84. The molecule has 0 radical (unpaired) electrons. The van der Waals surface area contributed by atoms with Crippen LogP contribution < -0.4 is 4.74 Å². The Morgan fingerprint density at radius 1 is 1.40 bits per heavy atom. The van der Waals surface area contributed by atoms with Crippen LogP contribution >= 0.6 is 0 Å². The second-order valence-electron chi connectivity index (χ2n) is 3.68. The summed E-state index contributed by atoms with van der Waals surface area (Å²) in [6, 6.07) is 8.23. The smallest absolute Gasteiger partial charge is 0.119 e. The first-order valence-electron chi connectivity index (χ1n) is 5.33. The van der Waals surface area contributed by atoms with Gasteiger partial charge in [-0.05, 0) is 31.0 Å². The Labute approximate surface area is 90.5 Å². The maximum absolute atomic E-state index is 5.55. The van der Waals surface area contributed by atoms with Crippen LogP contribution in [0.15, 0.2) is 36.4 Å². The molecule has 1 aromatic carbocycles. The highest BCUT2D eigenvalue weighted by molar-refractivity contribution is 5.28. The van der Waals surface area contributed by atoms with Crippen LogP contribution in [-0.4, -0.2) is 19.3 Å². The molecule has 0 N–H and O–H groups in total. The third kappa shape index (κ3) is 3.40. The molecule has 1 saturated heterocycles. The summed E-state index contributed by atoms with van der Waals surface area (Å²) in [4.78, 5) is 0. The fraction of sp³-hybridized carbons (Fsp3) is 0.385. The van der Waals surface area contributed by atoms with E-state index in [2.05, 4.69) is 24.3 Å². The number of allylic oxidation sites excluding steroid dienone is 2.